The largest absolute Gasteiger partial charge is 0.309 e. The van der Waals surface area contributed by atoms with E-state index in [0.29, 0.717) is 17.7 Å². The van der Waals surface area contributed by atoms with E-state index < -0.39 is 0 Å². The van der Waals surface area contributed by atoms with Gasteiger partial charge in [0.2, 0.25) is 0 Å². The molecule has 1 N–H and O–H groups in total. The highest BCUT2D eigenvalue weighted by molar-refractivity contribution is 6.09. The van der Waals surface area contributed by atoms with Gasteiger partial charge in [-0.1, -0.05) is 59.9 Å². The van der Waals surface area contributed by atoms with Gasteiger partial charge in [0.1, 0.15) is 5.82 Å². The molecule has 2 nitrogen and oxygen atoms in total. The highest BCUT2D eigenvalue weighted by Crippen LogP contribution is 2.22. The van der Waals surface area contributed by atoms with Crippen LogP contribution in [0.2, 0.25) is 0 Å². The smallest absolute Gasteiger partial charge is 0.168 e. The van der Waals surface area contributed by atoms with Gasteiger partial charge in [-0.3, -0.25) is 4.79 Å². The maximum atomic E-state index is 13.1. The zero-order valence-corrected chi connectivity index (χ0v) is 16.3. The number of carbonyl (C=O) groups excluding carboxylic acids is 1. The summed E-state index contributed by atoms with van der Waals surface area (Å²) in [6.07, 6.45) is 0.372. The number of halogens is 1. The van der Waals surface area contributed by atoms with Crippen molar-refractivity contribution < 1.29 is 9.18 Å². The van der Waals surface area contributed by atoms with Crippen LogP contribution in [0.3, 0.4) is 0 Å². The van der Waals surface area contributed by atoms with Crippen LogP contribution in [0, 0.1) is 30.0 Å². The summed E-state index contributed by atoms with van der Waals surface area (Å²) >= 11 is 0. The van der Waals surface area contributed by atoms with Crippen molar-refractivity contribution in [2.75, 3.05) is 0 Å². The fourth-order valence-electron chi connectivity index (χ4n) is 2.99. The molecule has 3 aromatic carbocycles. The van der Waals surface area contributed by atoms with Crippen LogP contribution < -0.4 is 0 Å². The molecule has 0 aromatic heterocycles. The lowest BCUT2D eigenvalue weighted by Gasteiger charge is -2.13. The number of hydrogen-bond acceptors (Lipinski definition) is 2. The minimum absolute atomic E-state index is 0.00100. The SMILES string of the molecule is Cc1ccc(C(C#Cc2ccccc2)CC(=N)CC(=O)c2ccc(F)cc2)cc1. The van der Waals surface area contributed by atoms with Crippen molar-refractivity contribution in [2.45, 2.75) is 25.7 Å². The lowest BCUT2D eigenvalue weighted by Crippen LogP contribution is -2.11. The molecule has 1 atom stereocenters. The third-order valence-corrected chi connectivity index (χ3v) is 4.63. The summed E-state index contributed by atoms with van der Waals surface area (Å²) in [4.78, 5) is 12.4. The summed E-state index contributed by atoms with van der Waals surface area (Å²) in [5.41, 5.74) is 3.83. The predicted molar refractivity (Wildman–Crippen MR) is 115 cm³/mol. The zero-order chi connectivity index (χ0) is 20.6. The van der Waals surface area contributed by atoms with Crippen LogP contribution in [-0.4, -0.2) is 11.5 Å². The van der Waals surface area contributed by atoms with Gasteiger partial charge in [0, 0.05) is 29.7 Å². The summed E-state index contributed by atoms with van der Waals surface area (Å²) in [6.45, 7) is 2.03. The van der Waals surface area contributed by atoms with E-state index in [2.05, 4.69) is 11.8 Å². The van der Waals surface area contributed by atoms with Crippen LogP contribution >= 0.6 is 0 Å². The van der Waals surface area contributed by atoms with Crippen molar-refractivity contribution in [3.63, 3.8) is 0 Å². The third kappa shape index (κ3) is 5.99. The topological polar surface area (TPSA) is 40.9 Å². The normalized spacial score (nSPS) is 11.2. The van der Waals surface area contributed by atoms with Crippen LogP contribution in [0.15, 0.2) is 78.9 Å². The molecule has 0 amide bonds. The summed E-state index contributed by atoms with van der Waals surface area (Å²) in [6, 6.07) is 23.3. The number of Topliss-reactive ketones (excluding diaryl/α,β-unsaturated/α-hetero) is 1. The standard InChI is InChI=1S/C26H22FNO/c1-19-7-10-21(11-8-19)23(12-9-20-5-3-2-4-6-20)17-25(28)18-26(29)22-13-15-24(27)16-14-22/h2-8,10-11,13-16,23,28H,17-18H2,1H3. The van der Waals surface area contributed by atoms with E-state index in [1.54, 1.807) is 0 Å². The summed E-state index contributed by atoms with van der Waals surface area (Å²) in [5.74, 6) is 5.71. The maximum Gasteiger partial charge on any atom is 0.168 e. The van der Waals surface area contributed by atoms with Gasteiger partial charge in [-0.05, 0) is 48.9 Å². The number of aryl methyl sites for hydroxylation is 1. The molecule has 0 aliphatic carbocycles. The van der Waals surface area contributed by atoms with Gasteiger partial charge in [0.15, 0.2) is 5.78 Å². The van der Waals surface area contributed by atoms with E-state index >= 15 is 0 Å². The van der Waals surface area contributed by atoms with Crippen LogP contribution in [-0.2, 0) is 0 Å². The molecule has 0 radical (unpaired) electrons. The van der Waals surface area contributed by atoms with Gasteiger partial charge in [-0.15, -0.1) is 0 Å². The molecule has 0 saturated heterocycles. The van der Waals surface area contributed by atoms with E-state index in [9.17, 15) is 9.18 Å². The second-order valence-corrected chi connectivity index (χ2v) is 7.01. The van der Waals surface area contributed by atoms with Gasteiger partial charge < -0.3 is 5.41 Å². The Balaban J connectivity index is 1.76. The van der Waals surface area contributed by atoms with E-state index in [0.717, 1.165) is 16.7 Å². The van der Waals surface area contributed by atoms with Crippen molar-refractivity contribution in [3.05, 3.63) is 107 Å². The highest BCUT2D eigenvalue weighted by Gasteiger charge is 2.15. The minimum Gasteiger partial charge on any atom is -0.309 e. The lowest BCUT2D eigenvalue weighted by atomic mass is 9.91. The average molecular weight is 383 g/mol. The van der Waals surface area contributed by atoms with Crippen LogP contribution in [0.25, 0.3) is 0 Å². The number of rotatable bonds is 6. The van der Waals surface area contributed by atoms with Crippen molar-refractivity contribution in [1.29, 1.82) is 5.41 Å². The molecule has 3 aromatic rings. The molecule has 3 rings (SSSR count). The molecule has 144 valence electrons. The first-order valence-electron chi connectivity index (χ1n) is 9.49. The highest BCUT2D eigenvalue weighted by atomic mass is 19.1. The molecule has 0 saturated carbocycles. The van der Waals surface area contributed by atoms with Crippen molar-refractivity contribution >= 4 is 11.5 Å². The van der Waals surface area contributed by atoms with E-state index in [1.165, 1.54) is 24.3 Å². The van der Waals surface area contributed by atoms with Gasteiger partial charge >= 0.3 is 0 Å². The molecule has 0 spiro atoms. The molecule has 3 heteroatoms. The van der Waals surface area contributed by atoms with E-state index in [-0.39, 0.29) is 23.9 Å². The summed E-state index contributed by atoms with van der Waals surface area (Å²) < 4.78 is 13.1. The molecule has 29 heavy (non-hydrogen) atoms. The molecular weight excluding hydrogens is 361 g/mol. The van der Waals surface area contributed by atoms with Crippen LogP contribution in [0.5, 0.6) is 0 Å². The van der Waals surface area contributed by atoms with Crippen molar-refractivity contribution in [2.24, 2.45) is 0 Å². The average Bonchev–Trinajstić information content (AvgIpc) is 2.73. The van der Waals surface area contributed by atoms with E-state index in [1.807, 2.05) is 61.5 Å². The monoisotopic (exact) mass is 383 g/mol. The molecule has 1 unspecified atom stereocenters. The quantitative estimate of drug-likeness (QED) is 0.319. The van der Waals surface area contributed by atoms with Crippen molar-refractivity contribution in [3.8, 4) is 11.8 Å². The number of hydrogen-bond donors (Lipinski definition) is 1. The predicted octanol–water partition coefficient (Wildman–Crippen LogP) is 5.95. The Morgan fingerprint density at radius 1 is 0.966 bits per heavy atom. The number of ketones is 1. The minimum atomic E-state index is -0.382. The third-order valence-electron chi connectivity index (χ3n) is 4.63. The van der Waals surface area contributed by atoms with Crippen LogP contribution in [0.4, 0.5) is 4.39 Å². The maximum absolute atomic E-state index is 13.1. The Morgan fingerprint density at radius 2 is 1.62 bits per heavy atom. The lowest BCUT2D eigenvalue weighted by molar-refractivity contribution is 0.1000. The van der Waals surface area contributed by atoms with Gasteiger partial charge in [0.25, 0.3) is 0 Å². The molecule has 0 aliphatic heterocycles. The van der Waals surface area contributed by atoms with Gasteiger partial charge in [0.05, 0.1) is 5.92 Å². The first kappa shape index (κ1) is 20.2. The Bertz CT molecular complexity index is 1040. The zero-order valence-electron chi connectivity index (χ0n) is 16.3. The van der Waals surface area contributed by atoms with Gasteiger partial charge in [-0.2, -0.15) is 0 Å². The van der Waals surface area contributed by atoms with Gasteiger partial charge in [-0.25, -0.2) is 4.39 Å². The molecule has 0 heterocycles. The summed E-state index contributed by atoms with van der Waals surface area (Å²) in [7, 11) is 0. The Labute approximate surface area is 170 Å². The van der Waals surface area contributed by atoms with E-state index in [4.69, 9.17) is 5.41 Å². The second kappa shape index (κ2) is 9.61. The number of nitrogens with one attached hydrogen (secondary N) is 1. The molecular formula is C26H22FNO. The molecule has 0 fully saturated rings. The fraction of sp³-hybridized carbons (Fsp3) is 0.154. The fourth-order valence-corrected chi connectivity index (χ4v) is 2.99. The first-order valence-corrected chi connectivity index (χ1v) is 9.49. The van der Waals surface area contributed by atoms with Crippen molar-refractivity contribution in [1.82, 2.24) is 0 Å². The second-order valence-electron chi connectivity index (χ2n) is 7.01. The first-order chi connectivity index (χ1) is 14.0. The molecule has 0 bridgehead atoms. The van der Waals surface area contributed by atoms with Crippen LogP contribution in [0.1, 0.15) is 45.8 Å². The number of benzene rings is 3. The Hall–Kier alpha value is -3.51. The Kier molecular flexibility index (Phi) is 6.71. The molecule has 0 aliphatic rings. The number of carbonyl (C=O) groups is 1. The Morgan fingerprint density at radius 3 is 2.28 bits per heavy atom. The summed E-state index contributed by atoms with van der Waals surface area (Å²) in [5, 5.41) is 8.35.